The first-order valence-electron chi connectivity index (χ1n) is 8.93. The van der Waals surface area contributed by atoms with Crippen molar-refractivity contribution in [2.75, 3.05) is 10.0 Å². The van der Waals surface area contributed by atoms with Gasteiger partial charge in [-0.1, -0.05) is 18.2 Å². The highest BCUT2D eigenvalue weighted by molar-refractivity contribution is 7.92. The molecule has 0 aliphatic heterocycles. The number of rotatable bonds is 5. The molecule has 0 radical (unpaired) electrons. The number of anilines is 2. The van der Waals surface area contributed by atoms with E-state index in [1.165, 1.54) is 24.3 Å². The Morgan fingerprint density at radius 3 is 2.21 bits per heavy atom. The van der Waals surface area contributed by atoms with Crippen LogP contribution in [0.25, 0.3) is 0 Å². The zero-order chi connectivity index (χ0) is 21.2. The maximum atomic E-state index is 13.0. The van der Waals surface area contributed by atoms with Crippen molar-refractivity contribution in [2.45, 2.75) is 25.7 Å². The molecule has 0 aliphatic rings. The predicted octanol–water partition coefficient (Wildman–Crippen LogP) is 4.80. The van der Waals surface area contributed by atoms with Crippen LogP contribution in [0.3, 0.4) is 0 Å². The molecule has 2 N–H and O–H groups in total. The fraction of sp³-hybridized carbons (Fsp3) is 0.136. The highest BCUT2D eigenvalue weighted by Crippen LogP contribution is 2.22. The molecule has 0 saturated heterocycles. The van der Waals surface area contributed by atoms with Gasteiger partial charge >= 0.3 is 0 Å². The Labute approximate surface area is 169 Å². The van der Waals surface area contributed by atoms with Crippen molar-refractivity contribution in [3.63, 3.8) is 0 Å². The first-order valence-corrected chi connectivity index (χ1v) is 10.4. The second kappa shape index (κ2) is 8.05. The molecule has 1 amide bonds. The van der Waals surface area contributed by atoms with E-state index in [0.717, 1.165) is 23.3 Å². The summed E-state index contributed by atoms with van der Waals surface area (Å²) < 4.78 is 40.8. The van der Waals surface area contributed by atoms with Crippen molar-refractivity contribution in [3.05, 3.63) is 88.7 Å². The van der Waals surface area contributed by atoms with Crippen LogP contribution in [0.15, 0.2) is 65.6 Å². The fourth-order valence-electron chi connectivity index (χ4n) is 2.81. The minimum absolute atomic E-state index is 0.0569. The Kier molecular flexibility index (Phi) is 5.70. The van der Waals surface area contributed by atoms with Crippen LogP contribution >= 0.6 is 0 Å². The van der Waals surface area contributed by atoms with Gasteiger partial charge < -0.3 is 5.32 Å². The van der Waals surface area contributed by atoms with E-state index in [1.807, 2.05) is 32.0 Å². The van der Waals surface area contributed by atoms with E-state index in [4.69, 9.17) is 0 Å². The smallest absolute Gasteiger partial charge is 0.261 e. The number of carbonyl (C=O) groups excluding carboxylic acids is 1. The number of carbonyl (C=O) groups is 1. The van der Waals surface area contributed by atoms with Gasteiger partial charge in [0.1, 0.15) is 5.82 Å². The van der Waals surface area contributed by atoms with Crippen molar-refractivity contribution in [1.29, 1.82) is 0 Å². The van der Waals surface area contributed by atoms with E-state index in [1.54, 1.807) is 13.0 Å². The average molecular weight is 412 g/mol. The van der Waals surface area contributed by atoms with E-state index < -0.39 is 21.7 Å². The van der Waals surface area contributed by atoms with Gasteiger partial charge in [-0.2, -0.15) is 0 Å². The number of sulfonamides is 1. The maximum Gasteiger partial charge on any atom is 0.261 e. The standard InChI is InChI=1S/C22H21FN2O3S/c1-14-4-5-16(3)21(12-14)24-22(26)20-13-19(11-6-15(20)2)29(27,28)25-18-9-7-17(23)8-10-18/h4-13,25H,1-3H3,(H,24,26). The highest BCUT2D eigenvalue weighted by Gasteiger charge is 2.19. The van der Waals surface area contributed by atoms with Crippen molar-refractivity contribution < 1.29 is 17.6 Å². The molecule has 0 aromatic heterocycles. The zero-order valence-electron chi connectivity index (χ0n) is 16.3. The van der Waals surface area contributed by atoms with Gasteiger partial charge in [0.2, 0.25) is 0 Å². The summed E-state index contributed by atoms with van der Waals surface area (Å²) in [6.07, 6.45) is 0. The number of aryl methyl sites for hydroxylation is 3. The van der Waals surface area contributed by atoms with Crippen LogP contribution in [0.1, 0.15) is 27.0 Å². The molecule has 29 heavy (non-hydrogen) atoms. The first kappa shape index (κ1) is 20.5. The Morgan fingerprint density at radius 2 is 1.52 bits per heavy atom. The topological polar surface area (TPSA) is 75.3 Å². The van der Waals surface area contributed by atoms with Gasteiger partial charge in [-0.25, -0.2) is 12.8 Å². The minimum Gasteiger partial charge on any atom is -0.322 e. The second-order valence-corrected chi connectivity index (χ2v) is 8.54. The number of amides is 1. The van der Waals surface area contributed by atoms with Gasteiger partial charge in [0.05, 0.1) is 4.90 Å². The molecule has 0 bridgehead atoms. The summed E-state index contributed by atoms with van der Waals surface area (Å²) in [5.74, 6) is -0.858. The number of hydrogen-bond acceptors (Lipinski definition) is 3. The van der Waals surface area contributed by atoms with Gasteiger partial charge in [0, 0.05) is 16.9 Å². The molecule has 0 spiro atoms. The zero-order valence-corrected chi connectivity index (χ0v) is 17.1. The lowest BCUT2D eigenvalue weighted by atomic mass is 10.1. The van der Waals surface area contributed by atoms with Gasteiger partial charge in [-0.15, -0.1) is 0 Å². The Balaban J connectivity index is 1.89. The average Bonchev–Trinajstić information content (AvgIpc) is 2.66. The first-order chi connectivity index (χ1) is 13.7. The third-order valence-electron chi connectivity index (χ3n) is 4.50. The summed E-state index contributed by atoms with van der Waals surface area (Å²) in [7, 11) is -3.94. The fourth-order valence-corrected chi connectivity index (χ4v) is 3.89. The van der Waals surface area contributed by atoms with Gasteiger partial charge in [-0.05, 0) is 79.9 Å². The van der Waals surface area contributed by atoms with E-state index >= 15 is 0 Å². The van der Waals surface area contributed by atoms with E-state index in [-0.39, 0.29) is 16.1 Å². The quantitative estimate of drug-likeness (QED) is 0.632. The monoisotopic (exact) mass is 412 g/mol. The van der Waals surface area contributed by atoms with E-state index in [2.05, 4.69) is 10.0 Å². The Morgan fingerprint density at radius 1 is 0.862 bits per heavy atom. The highest BCUT2D eigenvalue weighted by atomic mass is 32.2. The summed E-state index contributed by atoms with van der Waals surface area (Å²) in [6, 6.07) is 15.0. The van der Waals surface area contributed by atoms with E-state index in [9.17, 15) is 17.6 Å². The van der Waals surface area contributed by atoms with Crippen LogP contribution in [-0.4, -0.2) is 14.3 Å². The number of benzene rings is 3. The summed E-state index contributed by atoms with van der Waals surface area (Å²) in [6.45, 7) is 5.55. The Bertz CT molecular complexity index is 1170. The second-order valence-electron chi connectivity index (χ2n) is 6.86. The minimum atomic E-state index is -3.94. The third kappa shape index (κ3) is 4.81. The Hall–Kier alpha value is -3.19. The molecule has 0 unspecified atom stereocenters. The van der Waals surface area contributed by atoms with Crippen LogP contribution in [0, 0.1) is 26.6 Å². The van der Waals surface area contributed by atoms with Crippen molar-refractivity contribution in [2.24, 2.45) is 0 Å². The molecular weight excluding hydrogens is 391 g/mol. The third-order valence-corrected chi connectivity index (χ3v) is 5.88. The molecule has 7 heteroatoms. The molecule has 3 aromatic rings. The number of nitrogens with one attached hydrogen (secondary N) is 2. The van der Waals surface area contributed by atoms with Crippen LogP contribution in [0.2, 0.25) is 0 Å². The molecule has 0 fully saturated rings. The molecule has 3 rings (SSSR count). The lowest BCUT2D eigenvalue weighted by Gasteiger charge is -2.13. The summed E-state index contributed by atoms with van der Waals surface area (Å²) >= 11 is 0. The van der Waals surface area contributed by atoms with Crippen molar-refractivity contribution in [3.8, 4) is 0 Å². The molecule has 150 valence electrons. The number of halogens is 1. The maximum absolute atomic E-state index is 13.0. The molecule has 0 saturated carbocycles. The van der Waals surface area contributed by atoms with Crippen LogP contribution < -0.4 is 10.0 Å². The number of hydrogen-bond donors (Lipinski definition) is 2. The summed E-state index contributed by atoms with van der Waals surface area (Å²) in [5, 5.41) is 2.85. The van der Waals surface area contributed by atoms with Crippen LogP contribution in [0.5, 0.6) is 0 Å². The van der Waals surface area contributed by atoms with E-state index in [0.29, 0.717) is 11.3 Å². The van der Waals surface area contributed by atoms with Crippen molar-refractivity contribution in [1.82, 2.24) is 0 Å². The lowest BCUT2D eigenvalue weighted by molar-refractivity contribution is 0.102. The molecule has 0 heterocycles. The summed E-state index contributed by atoms with van der Waals surface area (Å²) in [5.41, 5.74) is 3.72. The SMILES string of the molecule is Cc1ccc(C)c(NC(=O)c2cc(S(=O)(=O)Nc3ccc(F)cc3)ccc2C)c1. The molecule has 0 aliphatic carbocycles. The van der Waals surface area contributed by atoms with Crippen LogP contribution in [-0.2, 0) is 10.0 Å². The van der Waals surface area contributed by atoms with Crippen LogP contribution in [0.4, 0.5) is 15.8 Å². The lowest BCUT2D eigenvalue weighted by Crippen LogP contribution is -2.17. The molecular formula is C22H21FN2O3S. The normalized spacial score (nSPS) is 11.2. The molecule has 0 atom stereocenters. The van der Waals surface area contributed by atoms with Gasteiger partial charge in [0.15, 0.2) is 0 Å². The largest absolute Gasteiger partial charge is 0.322 e. The molecule has 3 aromatic carbocycles. The predicted molar refractivity (Wildman–Crippen MR) is 112 cm³/mol. The van der Waals surface area contributed by atoms with Crippen molar-refractivity contribution >= 4 is 27.3 Å². The molecule has 5 nitrogen and oxygen atoms in total. The van der Waals surface area contributed by atoms with Gasteiger partial charge in [-0.3, -0.25) is 9.52 Å². The summed E-state index contributed by atoms with van der Waals surface area (Å²) in [4.78, 5) is 12.7. The van der Waals surface area contributed by atoms with Gasteiger partial charge in [0.25, 0.3) is 15.9 Å².